The third-order valence-corrected chi connectivity index (χ3v) is 5.43. The highest BCUT2D eigenvalue weighted by Crippen LogP contribution is 2.26. The molecule has 0 saturated heterocycles. The third kappa shape index (κ3) is 2.84. The van der Waals surface area contributed by atoms with Gasteiger partial charge < -0.3 is 10.3 Å². The number of aryl methyl sites for hydroxylation is 3. The molecule has 4 rings (SSSR count). The third-order valence-electron chi connectivity index (χ3n) is 5.43. The van der Waals surface area contributed by atoms with Gasteiger partial charge in [0.15, 0.2) is 5.69 Å². The number of nitrogens with one attached hydrogen (secondary N) is 3. The molecule has 0 radical (unpaired) electrons. The SMILES string of the molecule is Cc1[nH]c2ccc(CNC(=O)c3n[nH]c4c3C[C@@H](C)CC4)cc2c1C. The number of aromatic amines is 2. The normalized spacial score (nSPS) is 16.8. The minimum atomic E-state index is -0.0892. The van der Waals surface area contributed by atoms with Gasteiger partial charge in [-0.25, -0.2) is 0 Å². The zero-order valence-corrected chi connectivity index (χ0v) is 15.0. The number of carbonyl (C=O) groups is 1. The van der Waals surface area contributed by atoms with Crippen LogP contribution >= 0.6 is 0 Å². The average molecular weight is 336 g/mol. The van der Waals surface area contributed by atoms with Crippen LogP contribution in [0.5, 0.6) is 0 Å². The summed E-state index contributed by atoms with van der Waals surface area (Å²) in [7, 11) is 0. The predicted octanol–water partition coefficient (Wildman–Crippen LogP) is 3.56. The van der Waals surface area contributed by atoms with Gasteiger partial charge in [-0.3, -0.25) is 9.89 Å². The molecule has 0 saturated carbocycles. The molecular formula is C20H24N4O. The summed E-state index contributed by atoms with van der Waals surface area (Å²) in [4.78, 5) is 16.0. The summed E-state index contributed by atoms with van der Waals surface area (Å²) in [6.07, 6.45) is 3.08. The standard InChI is InChI=1S/C20H24N4O/c1-11-4-6-18-16(8-11)19(24-23-18)20(25)21-10-14-5-7-17-15(9-14)12(2)13(3)22-17/h5,7,9,11,22H,4,6,8,10H2,1-3H3,(H,21,25)(H,23,24)/t11-/m0/s1. The number of benzene rings is 1. The molecule has 130 valence electrons. The Kier molecular flexibility index (Phi) is 3.86. The minimum absolute atomic E-state index is 0.0892. The summed E-state index contributed by atoms with van der Waals surface area (Å²) >= 11 is 0. The first-order valence-corrected chi connectivity index (χ1v) is 8.95. The fourth-order valence-corrected chi connectivity index (χ4v) is 3.74. The molecule has 0 bridgehead atoms. The van der Waals surface area contributed by atoms with Gasteiger partial charge in [0.2, 0.25) is 0 Å². The van der Waals surface area contributed by atoms with E-state index < -0.39 is 0 Å². The fourth-order valence-electron chi connectivity index (χ4n) is 3.74. The maximum absolute atomic E-state index is 12.6. The van der Waals surface area contributed by atoms with E-state index in [1.807, 2.05) is 0 Å². The van der Waals surface area contributed by atoms with E-state index in [-0.39, 0.29) is 5.91 Å². The number of amides is 1. The van der Waals surface area contributed by atoms with Crippen LogP contribution in [-0.4, -0.2) is 21.1 Å². The van der Waals surface area contributed by atoms with E-state index in [9.17, 15) is 4.79 Å². The maximum Gasteiger partial charge on any atom is 0.272 e. The molecule has 1 aliphatic carbocycles. The molecule has 1 atom stereocenters. The molecule has 0 unspecified atom stereocenters. The number of fused-ring (bicyclic) bond motifs is 2. The van der Waals surface area contributed by atoms with Gasteiger partial charge in [0.1, 0.15) is 0 Å². The largest absolute Gasteiger partial charge is 0.358 e. The van der Waals surface area contributed by atoms with Crippen molar-refractivity contribution < 1.29 is 4.79 Å². The topological polar surface area (TPSA) is 73.6 Å². The minimum Gasteiger partial charge on any atom is -0.358 e. The van der Waals surface area contributed by atoms with Gasteiger partial charge in [0.25, 0.3) is 5.91 Å². The highest BCUT2D eigenvalue weighted by molar-refractivity contribution is 5.94. The van der Waals surface area contributed by atoms with Crippen molar-refractivity contribution in [1.29, 1.82) is 0 Å². The molecule has 5 nitrogen and oxygen atoms in total. The van der Waals surface area contributed by atoms with Crippen molar-refractivity contribution in [3.8, 4) is 0 Å². The number of aromatic nitrogens is 3. The molecule has 2 aromatic heterocycles. The molecule has 3 N–H and O–H groups in total. The van der Waals surface area contributed by atoms with E-state index in [0.717, 1.165) is 41.6 Å². The quantitative estimate of drug-likeness (QED) is 0.684. The van der Waals surface area contributed by atoms with Crippen molar-refractivity contribution in [3.05, 3.63) is 52.0 Å². The molecule has 2 heterocycles. The lowest BCUT2D eigenvalue weighted by Crippen LogP contribution is -2.25. The molecule has 25 heavy (non-hydrogen) atoms. The molecule has 1 aromatic carbocycles. The lowest BCUT2D eigenvalue weighted by molar-refractivity contribution is 0.0944. The summed E-state index contributed by atoms with van der Waals surface area (Å²) in [5, 5.41) is 11.6. The van der Waals surface area contributed by atoms with Crippen LogP contribution in [0.4, 0.5) is 0 Å². The summed E-state index contributed by atoms with van der Waals surface area (Å²) in [6, 6.07) is 6.28. The molecule has 0 spiro atoms. The smallest absolute Gasteiger partial charge is 0.272 e. The molecule has 1 aliphatic rings. The Hall–Kier alpha value is -2.56. The van der Waals surface area contributed by atoms with E-state index in [4.69, 9.17) is 0 Å². The first-order valence-electron chi connectivity index (χ1n) is 8.95. The summed E-state index contributed by atoms with van der Waals surface area (Å²) in [6.45, 7) is 6.94. The highest BCUT2D eigenvalue weighted by atomic mass is 16.1. The predicted molar refractivity (Wildman–Crippen MR) is 98.7 cm³/mol. The van der Waals surface area contributed by atoms with Crippen LogP contribution < -0.4 is 5.32 Å². The Balaban J connectivity index is 1.51. The highest BCUT2D eigenvalue weighted by Gasteiger charge is 2.24. The average Bonchev–Trinajstić information content (AvgIpc) is 3.14. The van der Waals surface area contributed by atoms with Crippen molar-refractivity contribution in [2.24, 2.45) is 5.92 Å². The van der Waals surface area contributed by atoms with E-state index >= 15 is 0 Å². The van der Waals surface area contributed by atoms with Crippen LogP contribution in [0.2, 0.25) is 0 Å². The van der Waals surface area contributed by atoms with E-state index in [2.05, 4.69) is 59.5 Å². The van der Waals surface area contributed by atoms with Crippen molar-refractivity contribution >= 4 is 16.8 Å². The maximum atomic E-state index is 12.6. The number of nitrogens with zero attached hydrogens (tertiary/aromatic N) is 1. The zero-order chi connectivity index (χ0) is 17.6. The second-order valence-corrected chi connectivity index (χ2v) is 7.31. The van der Waals surface area contributed by atoms with Crippen molar-refractivity contribution in [2.75, 3.05) is 0 Å². The van der Waals surface area contributed by atoms with Gasteiger partial charge in [-0.2, -0.15) is 5.10 Å². The summed E-state index contributed by atoms with van der Waals surface area (Å²) in [5.74, 6) is 0.521. The van der Waals surface area contributed by atoms with Crippen LogP contribution in [0.15, 0.2) is 18.2 Å². The van der Waals surface area contributed by atoms with E-state index in [1.54, 1.807) is 0 Å². The number of rotatable bonds is 3. The second kappa shape index (κ2) is 6.06. The molecule has 1 amide bonds. The van der Waals surface area contributed by atoms with Gasteiger partial charge >= 0.3 is 0 Å². The lowest BCUT2D eigenvalue weighted by Gasteiger charge is -2.18. The number of hydrogen-bond acceptors (Lipinski definition) is 2. The number of carbonyl (C=O) groups excluding carboxylic acids is 1. The Bertz CT molecular complexity index is 950. The van der Waals surface area contributed by atoms with Gasteiger partial charge in [0.05, 0.1) is 0 Å². The Morgan fingerprint density at radius 1 is 1.36 bits per heavy atom. The summed E-state index contributed by atoms with van der Waals surface area (Å²) in [5.41, 5.74) is 7.48. The van der Waals surface area contributed by atoms with Crippen LogP contribution in [0.3, 0.4) is 0 Å². The van der Waals surface area contributed by atoms with Crippen LogP contribution in [0, 0.1) is 19.8 Å². The number of H-pyrrole nitrogens is 2. The molecule has 0 fully saturated rings. The fraction of sp³-hybridized carbons (Fsp3) is 0.400. The van der Waals surface area contributed by atoms with Crippen LogP contribution in [0.25, 0.3) is 10.9 Å². The zero-order valence-electron chi connectivity index (χ0n) is 15.0. The van der Waals surface area contributed by atoms with Crippen LogP contribution in [0.1, 0.15) is 51.9 Å². The first kappa shape index (κ1) is 15.9. The Labute approximate surface area is 147 Å². The van der Waals surface area contributed by atoms with Crippen molar-refractivity contribution in [2.45, 2.75) is 46.6 Å². The first-order chi connectivity index (χ1) is 12.0. The Morgan fingerprint density at radius 3 is 3.04 bits per heavy atom. The second-order valence-electron chi connectivity index (χ2n) is 7.31. The monoisotopic (exact) mass is 336 g/mol. The molecular weight excluding hydrogens is 312 g/mol. The van der Waals surface area contributed by atoms with E-state index in [0.29, 0.717) is 18.2 Å². The number of hydrogen-bond donors (Lipinski definition) is 3. The van der Waals surface area contributed by atoms with Gasteiger partial charge in [-0.15, -0.1) is 0 Å². The summed E-state index contributed by atoms with van der Waals surface area (Å²) < 4.78 is 0. The molecule has 0 aliphatic heterocycles. The van der Waals surface area contributed by atoms with Crippen LogP contribution in [-0.2, 0) is 19.4 Å². The van der Waals surface area contributed by atoms with E-state index in [1.165, 1.54) is 16.6 Å². The van der Waals surface area contributed by atoms with Crippen molar-refractivity contribution in [3.63, 3.8) is 0 Å². The van der Waals surface area contributed by atoms with Gasteiger partial charge in [-0.05, 0) is 62.3 Å². The van der Waals surface area contributed by atoms with Gasteiger partial charge in [0, 0.05) is 34.4 Å². The van der Waals surface area contributed by atoms with Crippen molar-refractivity contribution in [1.82, 2.24) is 20.5 Å². The molecule has 3 aromatic rings. The lowest BCUT2D eigenvalue weighted by atomic mass is 9.87. The Morgan fingerprint density at radius 2 is 2.20 bits per heavy atom. The van der Waals surface area contributed by atoms with Gasteiger partial charge in [-0.1, -0.05) is 13.0 Å². The molecule has 5 heteroatoms.